The van der Waals surface area contributed by atoms with E-state index in [0.717, 1.165) is 12.8 Å². The number of carboxylic acid groups (broad SMARTS) is 1. The summed E-state index contributed by atoms with van der Waals surface area (Å²) in [6.45, 7) is 0. The van der Waals surface area contributed by atoms with Gasteiger partial charge in [0.2, 0.25) is 5.91 Å². The Labute approximate surface area is 110 Å². The summed E-state index contributed by atoms with van der Waals surface area (Å²) in [5.74, 6) is -1.85. The highest BCUT2D eigenvalue weighted by Crippen LogP contribution is 2.27. The number of carbonyl (C=O) groups is 2. The van der Waals surface area contributed by atoms with Crippen LogP contribution in [0.3, 0.4) is 0 Å². The van der Waals surface area contributed by atoms with Gasteiger partial charge < -0.3 is 21.3 Å². The van der Waals surface area contributed by atoms with Gasteiger partial charge in [-0.3, -0.25) is 4.79 Å². The fourth-order valence-electron chi connectivity index (χ4n) is 2.28. The minimum atomic E-state index is -1.24. The maximum atomic E-state index is 11.9. The first kappa shape index (κ1) is 13.4. The summed E-state index contributed by atoms with van der Waals surface area (Å²) >= 11 is 0. The van der Waals surface area contributed by atoms with Crippen molar-refractivity contribution in [2.75, 3.05) is 5.32 Å². The monoisotopic (exact) mass is 264 g/mol. The van der Waals surface area contributed by atoms with E-state index in [1.807, 2.05) is 0 Å². The molecule has 1 aliphatic carbocycles. The number of hydrogen-bond donors (Lipinski definition) is 4. The van der Waals surface area contributed by atoms with Crippen LogP contribution in [0, 0.1) is 5.92 Å². The second kappa shape index (κ2) is 5.27. The van der Waals surface area contributed by atoms with Gasteiger partial charge in [-0.05, 0) is 37.5 Å². The summed E-state index contributed by atoms with van der Waals surface area (Å²) in [5.41, 5.74) is 5.88. The van der Waals surface area contributed by atoms with E-state index in [2.05, 4.69) is 5.32 Å². The Morgan fingerprint density at radius 1 is 1.32 bits per heavy atom. The van der Waals surface area contributed by atoms with Crippen molar-refractivity contribution in [3.8, 4) is 5.75 Å². The first-order valence-corrected chi connectivity index (χ1v) is 6.10. The fraction of sp³-hybridized carbons (Fsp3) is 0.385. The Kier molecular flexibility index (Phi) is 3.71. The fourth-order valence-corrected chi connectivity index (χ4v) is 2.28. The van der Waals surface area contributed by atoms with Crippen molar-refractivity contribution in [2.24, 2.45) is 11.7 Å². The topological polar surface area (TPSA) is 113 Å². The number of carboxylic acids is 1. The third-order valence-electron chi connectivity index (χ3n) is 3.34. The van der Waals surface area contributed by atoms with Crippen LogP contribution in [0.1, 0.15) is 29.6 Å². The summed E-state index contributed by atoms with van der Waals surface area (Å²) in [6.07, 6.45) is 2.22. The van der Waals surface area contributed by atoms with Crippen LogP contribution in [0.25, 0.3) is 0 Å². The second-order valence-corrected chi connectivity index (χ2v) is 4.80. The van der Waals surface area contributed by atoms with Gasteiger partial charge in [-0.1, -0.05) is 0 Å². The highest BCUT2D eigenvalue weighted by molar-refractivity contribution is 5.96. The van der Waals surface area contributed by atoms with Crippen molar-refractivity contribution >= 4 is 17.6 Å². The minimum absolute atomic E-state index is 0.0603. The molecule has 19 heavy (non-hydrogen) atoms. The molecule has 1 amide bonds. The molecular formula is C13H16N2O4. The molecule has 6 heteroatoms. The van der Waals surface area contributed by atoms with E-state index in [1.165, 1.54) is 18.2 Å². The van der Waals surface area contributed by atoms with Crippen molar-refractivity contribution in [1.82, 2.24) is 0 Å². The number of rotatable bonds is 3. The van der Waals surface area contributed by atoms with Crippen LogP contribution < -0.4 is 11.1 Å². The number of benzene rings is 1. The Morgan fingerprint density at radius 3 is 2.63 bits per heavy atom. The smallest absolute Gasteiger partial charge is 0.339 e. The van der Waals surface area contributed by atoms with E-state index in [4.69, 9.17) is 10.8 Å². The van der Waals surface area contributed by atoms with Gasteiger partial charge in [0.05, 0.1) is 0 Å². The molecule has 0 heterocycles. The predicted octanol–water partition coefficient (Wildman–Crippen LogP) is 1.16. The number of carbonyl (C=O) groups excluding carboxylic acids is 1. The van der Waals surface area contributed by atoms with Gasteiger partial charge in [-0.25, -0.2) is 4.79 Å². The van der Waals surface area contributed by atoms with Crippen molar-refractivity contribution in [3.63, 3.8) is 0 Å². The van der Waals surface area contributed by atoms with Gasteiger partial charge in [0.25, 0.3) is 0 Å². The van der Waals surface area contributed by atoms with Crippen molar-refractivity contribution < 1.29 is 19.8 Å². The van der Waals surface area contributed by atoms with Crippen molar-refractivity contribution in [2.45, 2.75) is 25.3 Å². The maximum Gasteiger partial charge on any atom is 0.339 e. The molecule has 102 valence electrons. The van der Waals surface area contributed by atoms with Crippen LogP contribution in [-0.4, -0.2) is 28.1 Å². The average molecular weight is 264 g/mol. The lowest BCUT2D eigenvalue weighted by molar-refractivity contribution is -0.119. The SMILES string of the molecule is NC1CCC(C(=O)Nc2ccc(O)c(C(=O)O)c2)C1. The maximum absolute atomic E-state index is 11.9. The molecular weight excluding hydrogens is 248 g/mol. The molecule has 0 bridgehead atoms. The number of amides is 1. The highest BCUT2D eigenvalue weighted by atomic mass is 16.4. The molecule has 1 aliphatic rings. The van der Waals surface area contributed by atoms with Crippen LogP contribution >= 0.6 is 0 Å². The summed E-state index contributed by atoms with van der Waals surface area (Å²) in [4.78, 5) is 22.8. The first-order chi connectivity index (χ1) is 8.97. The van der Waals surface area contributed by atoms with E-state index in [0.29, 0.717) is 12.1 Å². The normalized spacial score (nSPS) is 22.2. The van der Waals surface area contributed by atoms with E-state index >= 15 is 0 Å². The number of aromatic hydroxyl groups is 1. The molecule has 1 fully saturated rings. The van der Waals surface area contributed by atoms with Crippen molar-refractivity contribution in [3.05, 3.63) is 23.8 Å². The molecule has 0 saturated heterocycles. The molecule has 0 radical (unpaired) electrons. The van der Waals surface area contributed by atoms with Gasteiger partial charge in [-0.2, -0.15) is 0 Å². The Bertz CT molecular complexity index is 515. The van der Waals surface area contributed by atoms with Gasteiger partial charge in [-0.15, -0.1) is 0 Å². The van der Waals surface area contributed by atoms with Crippen LogP contribution in [0.4, 0.5) is 5.69 Å². The lowest BCUT2D eigenvalue weighted by atomic mass is 10.1. The largest absolute Gasteiger partial charge is 0.507 e. The zero-order valence-corrected chi connectivity index (χ0v) is 10.3. The Hall–Kier alpha value is -2.08. The number of aromatic carboxylic acids is 1. The number of anilines is 1. The number of nitrogens with two attached hydrogens (primary N) is 1. The van der Waals surface area contributed by atoms with Crippen molar-refractivity contribution in [1.29, 1.82) is 0 Å². The molecule has 1 aromatic carbocycles. The van der Waals surface area contributed by atoms with E-state index in [1.54, 1.807) is 0 Å². The lowest BCUT2D eigenvalue weighted by Gasteiger charge is -2.11. The lowest BCUT2D eigenvalue weighted by Crippen LogP contribution is -2.23. The average Bonchev–Trinajstić information content (AvgIpc) is 2.78. The molecule has 6 nitrogen and oxygen atoms in total. The minimum Gasteiger partial charge on any atom is -0.507 e. The van der Waals surface area contributed by atoms with E-state index in [-0.39, 0.29) is 29.2 Å². The molecule has 0 spiro atoms. The molecule has 0 aromatic heterocycles. The zero-order valence-electron chi connectivity index (χ0n) is 10.3. The second-order valence-electron chi connectivity index (χ2n) is 4.80. The van der Waals surface area contributed by atoms with Gasteiger partial charge in [0, 0.05) is 17.6 Å². The predicted molar refractivity (Wildman–Crippen MR) is 69.0 cm³/mol. The molecule has 2 rings (SSSR count). The van der Waals surface area contributed by atoms with Gasteiger partial charge in [0.1, 0.15) is 11.3 Å². The van der Waals surface area contributed by atoms with Crippen LogP contribution in [-0.2, 0) is 4.79 Å². The molecule has 0 aliphatic heterocycles. The third kappa shape index (κ3) is 3.03. The number of nitrogens with one attached hydrogen (secondary N) is 1. The van der Waals surface area contributed by atoms with E-state index < -0.39 is 5.97 Å². The van der Waals surface area contributed by atoms with Crippen LogP contribution in [0.5, 0.6) is 5.75 Å². The standard InChI is InChI=1S/C13H16N2O4/c14-8-2-1-7(5-8)12(17)15-9-3-4-11(16)10(6-9)13(18)19/h3-4,6-8,16H,1-2,5,14H2,(H,15,17)(H,18,19). The third-order valence-corrected chi connectivity index (χ3v) is 3.34. The molecule has 1 saturated carbocycles. The summed E-state index contributed by atoms with van der Waals surface area (Å²) in [7, 11) is 0. The zero-order chi connectivity index (χ0) is 14.0. The number of phenols is 1. The summed E-state index contributed by atoms with van der Waals surface area (Å²) in [6, 6.07) is 4.02. The summed E-state index contributed by atoms with van der Waals surface area (Å²) < 4.78 is 0. The van der Waals surface area contributed by atoms with Gasteiger partial charge >= 0.3 is 5.97 Å². The quantitative estimate of drug-likeness (QED) is 0.612. The van der Waals surface area contributed by atoms with E-state index in [9.17, 15) is 14.7 Å². The molecule has 2 atom stereocenters. The Balaban J connectivity index is 2.09. The highest BCUT2D eigenvalue weighted by Gasteiger charge is 2.27. The van der Waals surface area contributed by atoms with Gasteiger partial charge in [0.15, 0.2) is 0 Å². The molecule has 1 aromatic rings. The molecule has 2 unspecified atom stereocenters. The first-order valence-electron chi connectivity index (χ1n) is 6.10. The summed E-state index contributed by atoms with van der Waals surface area (Å²) in [5, 5.41) is 20.9. The number of hydrogen-bond acceptors (Lipinski definition) is 4. The molecule has 5 N–H and O–H groups in total. The Morgan fingerprint density at radius 2 is 2.05 bits per heavy atom. The van der Waals surface area contributed by atoms with Crippen LogP contribution in [0.2, 0.25) is 0 Å². The van der Waals surface area contributed by atoms with Crippen LogP contribution in [0.15, 0.2) is 18.2 Å².